The highest BCUT2D eigenvalue weighted by Crippen LogP contribution is 2.21. The summed E-state index contributed by atoms with van der Waals surface area (Å²) >= 11 is 0. The van der Waals surface area contributed by atoms with Crippen LogP contribution in [0, 0.1) is 5.92 Å². The van der Waals surface area contributed by atoms with Gasteiger partial charge in [0.2, 0.25) is 11.8 Å². The zero-order valence-electron chi connectivity index (χ0n) is 15.7. The lowest BCUT2D eigenvalue weighted by atomic mass is 9.91. The van der Waals surface area contributed by atoms with Crippen molar-refractivity contribution in [2.75, 3.05) is 26.2 Å². The molecule has 0 aromatic rings. The van der Waals surface area contributed by atoms with E-state index in [1.807, 2.05) is 30.1 Å². The average Bonchev–Trinajstić information content (AvgIpc) is 3.12. The summed E-state index contributed by atoms with van der Waals surface area (Å²) < 4.78 is 0. The van der Waals surface area contributed by atoms with Gasteiger partial charge in [0, 0.05) is 19.6 Å². The molecule has 1 aliphatic carbocycles. The van der Waals surface area contributed by atoms with Gasteiger partial charge in [0.05, 0.1) is 12.5 Å². The van der Waals surface area contributed by atoms with Crippen molar-refractivity contribution in [3.63, 3.8) is 0 Å². The number of carbonyl (C=O) groups excluding carboxylic acids is 2. The molecule has 2 fully saturated rings. The number of β-amino-alcohol motifs (C(OH)–C–C–N with tert-alkyl or cyclic N) is 1. The molecule has 2 heterocycles. The molecule has 3 rings (SSSR count). The van der Waals surface area contributed by atoms with Crippen molar-refractivity contribution >= 4 is 11.8 Å². The van der Waals surface area contributed by atoms with Crippen molar-refractivity contribution in [3.8, 4) is 0 Å². The Morgan fingerprint density at radius 2 is 2.00 bits per heavy atom. The van der Waals surface area contributed by atoms with Gasteiger partial charge >= 0.3 is 0 Å². The van der Waals surface area contributed by atoms with Crippen molar-refractivity contribution in [2.24, 2.45) is 5.92 Å². The molecule has 3 aliphatic rings. The van der Waals surface area contributed by atoms with E-state index < -0.39 is 12.3 Å². The predicted octanol–water partition coefficient (Wildman–Crippen LogP) is 1.42. The van der Waals surface area contributed by atoms with Crippen molar-refractivity contribution in [3.05, 3.63) is 23.8 Å². The van der Waals surface area contributed by atoms with E-state index in [1.165, 1.54) is 0 Å². The SMILES string of the molecule is CC1=CC=CCC1C(=O)NC1CCCCN(CC(O)N2CCCC2)C1=O. The molecule has 6 heteroatoms. The lowest BCUT2D eigenvalue weighted by molar-refractivity contribution is -0.139. The molecule has 3 atom stereocenters. The standard InChI is InChI=1S/C20H31N3O3/c1-15-8-2-3-9-16(15)19(25)21-17-10-4-5-13-23(20(17)26)14-18(24)22-11-6-7-12-22/h2-3,8,16-18,24H,4-7,9-14H2,1H3,(H,21,25). The summed E-state index contributed by atoms with van der Waals surface area (Å²) in [6.45, 7) is 4.73. The Morgan fingerprint density at radius 1 is 1.27 bits per heavy atom. The molecule has 3 unspecified atom stereocenters. The van der Waals surface area contributed by atoms with Gasteiger partial charge in [-0.2, -0.15) is 0 Å². The van der Waals surface area contributed by atoms with E-state index >= 15 is 0 Å². The number of nitrogens with zero attached hydrogens (tertiary/aromatic N) is 2. The van der Waals surface area contributed by atoms with Crippen LogP contribution in [0.15, 0.2) is 23.8 Å². The molecule has 0 saturated carbocycles. The lowest BCUT2D eigenvalue weighted by Crippen LogP contribution is -2.52. The average molecular weight is 361 g/mol. The number of amides is 2. The molecule has 0 spiro atoms. The van der Waals surface area contributed by atoms with Crippen LogP contribution in [0.5, 0.6) is 0 Å². The third-order valence-electron chi connectivity index (χ3n) is 5.78. The Kier molecular flexibility index (Phi) is 6.48. The summed E-state index contributed by atoms with van der Waals surface area (Å²) in [6.07, 6.45) is 10.7. The van der Waals surface area contributed by atoms with Gasteiger partial charge in [-0.3, -0.25) is 14.5 Å². The molecule has 144 valence electrons. The number of allylic oxidation sites excluding steroid dienone is 3. The minimum Gasteiger partial charge on any atom is -0.376 e. The van der Waals surface area contributed by atoms with E-state index in [4.69, 9.17) is 0 Å². The highest BCUT2D eigenvalue weighted by Gasteiger charge is 2.32. The first-order valence-electron chi connectivity index (χ1n) is 9.91. The number of hydrogen-bond donors (Lipinski definition) is 2. The molecule has 6 nitrogen and oxygen atoms in total. The molecule has 2 saturated heterocycles. The maximum absolute atomic E-state index is 12.9. The van der Waals surface area contributed by atoms with E-state index in [-0.39, 0.29) is 17.7 Å². The van der Waals surface area contributed by atoms with Crippen LogP contribution in [0.3, 0.4) is 0 Å². The van der Waals surface area contributed by atoms with Crippen molar-refractivity contribution < 1.29 is 14.7 Å². The van der Waals surface area contributed by atoms with Crippen LogP contribution >= 0.6 is 0 Å². The maximum atomic E-state index is 12.9. The third-order valence-corrected chi connectivity index (χ3v) is 5.78. The van der Waals surface area contributed by atoms with Crippen LogP contribution in [-0.2, 0) is 9.59 Å². The van der Waals surface area contributed by atoms with Gasteiger partial charge in [0.1, 0.15) is 12.3 Å². The topological polar surface area (TPSA) is 72.9 Å². The van der Waals surface area contributed by atoms with Crippen LogP contribution in [0.25, 0.3) is 0 Å². The quantitative estimate of drug-likeness (QED) is 0.777. The summed E-state index contributed by atoms with van der Waals surface area (Å²) in [5.41, 5.74) is 1.03. The molecule has 2 amide bonds. The Bertz CT molecular complexity index is 581. The zero-order valence-corrected chi connectivity index (χ0v) is 15.7. The predicted molar refractivity (Wildman–Crippen MR) is 100 cm³/mol. The van der Waals surface area contributed by atoms with E-state index in [0.717, 1.165) is 44.3 Å². The Balaban J connectivity index is 1.59. The van der Waals surface area contributed by atoms with Crippen molar-refractivity contribution in [1.29, 1.82) is 0 Å². The second kappa shape index (κ2) is 8.82. The molecule has 2 N–H and O–H groups in total. The Hall–Kier alpha value is -1.66. The summed E-state index contributed by atoms with van der Waals surface area (Å²) in [7, 11) is 0. The van der Waals surface area contributed by atoms with Gasteiger partial charge in [-0.15, -0.1) is 0 Å². The number of likely N-dealkylation sites (tertiary alicyclic amines) is 2. The van der Waals surface area contributed by atoms with Crippen molar-refractivity contribution in [2.45, 2.75) is 57.7 Å². The van der Waals surface area contributed by atoms with Crippen molar-refractivity contribution in [1.82, 2.24) is 15.1 Å². The van der Waals surface area contributed by atoms with Gasteiger partial charge in [0.25, 0.3) is 0 Å². The van der Waals surface area contributed by atoms with Crippen LogP contribution in [0.1, 0.15) is 45.4 Å². The maximum Gasteiger partial charge on any atom is 0.245 e. The largest absolute Gasteiger partial charge is 0.376 e. The van der Waals surface area contributed by atoms with E-state index in [1.54, 1.807) is 4.90 Å². The summed E-state index contributed by atoms with van der Waals surface area (Å²) in [6, 6.07) is -0.477. The third kappa shape index (κ3) is 4.54. The molecule has 0 aromatic heterocycles. The molecule has 2 aliphatic heterocycles. The number of nitrogens with one attached hydrogen (secondary N) is 1. The van der Waals surface area contributed by atoms with Crippen LogP contribution in [0.2, 0.25) is 0 Å². The van der Waals surface area contributed by atoms with Crippen LogP contribution in [0.4, 0.5) is 0 Å². The molecule has 0 radical (unpaired) electrons. The molecular weight excluding hydrogens is 330 g/mol. The number of hydrogen-bond acceptors (Lipinski definition) is 4. The van der Waals surface area contributed by atoms with E-state index in [9.17, 15) is 14.7 Å². The van der Waals surface area contributed by atoms with Gasteiger partial charge in [0.15, 0.2) is 0 Å². The van der Waals surface area contributed by atoms with Gasteiger partial charge < -0.3 is 15.3 Å². The minimum atomic E-state index is -0.607. The van der Waals surface area contributed by atoms with Crippen LogP contribution < -0.4 is 5.32 Å². The smallest absolute Gasteiger partial charge is 0.245 e. The van der Waals surface area contributed by atoms with Gasteiger partial charge in [-0.05, 0) is 45.4 Å². The first-order valence-corrected chi connectivity index (χ1v) is 9.91. The lowest BCUT2D eigenvalue weighted by Gasteiger charge is -2.31. The first-order chi connectivity index (χ1) is 12.6. The fourth-order valence-corrected chi connectivity index (χ4v) is 4.10. The van der Waals surface area contributed by atoms with E-state index in [2.05, 4.69) is 5.32 Å². The van der Waals surface area contributed by atoms with Crippen LogP contribution in [-0.4, -0.2) is 65.2 Å². The highest BCUT2D eigenvalue weighted by molar-refractivity contribution is 5.90. The van der Waals surface area contributed by atoms with Gasteiger partial charge in [-0.25, -0.2) is 0 Å². The fraction of sp³-hybridized carbons (Fsp3) is 0.700. The zero-order chi connectivity index (χ0) is 18.5. The molecule has 0 bridgehead atoms. The Morgan fingerprint density at radius 3 is 2.73 bits per heavy atom. The first kappa shape index (κ1) is 19.1. The summed E-state index contributed by atoms with van der Waals surface area (Å²) in [5, 5.41) is 13.4. The van der Waals surface area contributed by atoms with E-state index in [0.29, 0.717) is 25.9 Å². The molecule has 0 aromatic carbocycles. The monoisotopic (exact) mass is 361 g/mol. The highest BCUT2D eigenvalue weighted by atomic mass is 16.3. The number of rotatable bonds is 5. The summed E-state index contributed by atoms with van der Waals surface area (Å²) in [4.78, 5) is 29.4. The number of aliphatic hydroxyl groups is 1. The molecule has 26 heavy (non-hydrogen) atoms. The second-order valence-corrected chi connectivity index (χ2v) is 7.69. The Labute approximate surface area is 155 Å². The normalized spacial score (nSPS) is 28.6. The summed E-state index contributed by atoms with van der Waals surface area (Å²) in [5.74, 6) is -0.301. The fourth-order valence-electron chi connectivity index (χ4n) is 4.10. The second-order valence-electron chi connectivity index (χ2n) is 7.69. The number of aliphatic hydroxyl groups excluding tert-OH is 1. The molecular formula is C20H31N3O3. The number of carbonyl (C=O) groups is 2. The minimum absolute atomic E-state index is 0.0536. The van der Waals surface area contributed by atoms with Gasteiger partial charge in [-0.1, -0.05) is 23.8 Å².